The summed E-state index contributed by atoms with van der Waals surface area (Å²) in [5.74, 6) is -1.52. The number of carbonyl (C=O) groups is 2. The van der Waals surface area contributed by atoms with E-state index in [0.29, 0.717) is 17.7 Å². The van der Waals surface area contributed by atoms with E-state index < -0.39 is 65.1 Å². The van der Waals surface area contributed by atoms with Gasteiger partial charge in [-0.25, -0.2) is 9.18 Å². The van der Waals surface area contributed by atoms with E-state index in [1.165, 1.54) is 36.1 Å². The number of nitrogens with one attached hydrogen (secondary N) is 1. The van der Waals surface area contributed by atoms with E-state index in [0.717, 1.165) is 5.56 Å². The minimum Gasteiger partial charge on any atom is -0.445 e. The summed E-state index contributed by atoms with van der Waals surface area (Å²) in [6.07, 6.45) is -12.8. The van der Waals surface area contributed by atoms with E-state index in [2.05, 4.69) is 5.32 Å². The van der Waals surface area contributed by atoms with Crippen LogP contribution in [0.1, 0.15) is 66.5 Å². The van der Waals surface area contributed by atoms with E-state index in [4.69, 9.17) is 9.47 Å². The van der Waals surface area contributed by atoms with Gasteiger partial charge in [-0.15, -0.1) is 0 Å². The van der Waals surface area contributed by atoms with E-state index in [1.54, 1.807) is 31.2 Å². The number of nitrogens with zero attached hydrogens (tertiary/aromatic N) is 1. The van der Waals surface area contributed by atoms with Crippen molar-refractivity contribution in [2.45, 2.75) is 75.4 Å². The Kier molecular flexibility index (Phi) is 9.09. The molecular formula is C33H31F7N2O4. The Bertz CT molecular complexity index is 1530. The first-order valence-electron chi connectivity index (χ1n) is 14.5. The van der Waals surface area contributed by atoms with Crippen LogP contribution in [-0.2, 0) is 33.2 Å². The molecule has 46 heavy (non-hydrogen) atoms. The molecule has 0 bridgehead atoms. The first kappa shape index (κ1) is 33.2. The zero-order chi connectivity index (χ0) is 33.4. The van der Waals surface area contributed by atoms with Crippen LogP contribution >= 0.6 is 0 Å². The van der Waals surface area contributed by atoms with Crippen LogP contribution in [0.4, 0.5) is 35.5 Å². The van der Waals surface area contributed by atoms with Crippen molar-refractivity contribution in [3.05, 3.63) is 106 Å². The first-order valence-corrected chi connectivity index (χ1v) is 14.5. The summed E-state index contributed by atoms with van der Waals surface area (Å²) in [6.45, 7) is 3.01. The highest BCUT2D eigenvalue weighted by molar-refractivity contribution is 5.81. The number of piperidine rings is 1. The molecule has 2 saturated heterocycles. The van der Waals surface area contributed by atoms with Gasteiger partial charge >= 0.3 is 18.4 Å². The average Bonchev–Trinajstić information content (AvgIpc) is 3.33. The smallest absolute Gasteiger partial charge is 0.416 e. The average molecular weight is 653 g/mol. The number of benzene rings is 3. The molecule has 5 rings (SSSR count). The second kappa shape index (κ2) is 12.6. The molecular weight excluding hydrogens is 621 g/mol. The third-order valence-electron chi connectivity index (χ3n) is 8.44. The summed E-state index contributed by atoms with van der Waals surface area (Å²) >= 11 is 0. The van der Waals surface area contributed by atoms with Gasteiger partial charge in [0.2, 0.25) is 5.91 Å². The Balaban J connectivity index is 1.41. The number of hydrogen-bond donors (Lipinski definition) is 1. The number of rotatable bonds is 7. The molecule has 0 aliphatic carbocycles. The largest absolute Gasteiger partial charge is 0.445 e. The Morgan fingerprint density at radius 3 is 2.17 bits per heavy atom. The maximum absolute atomic E-state index is 13.9. The summed E-state index contributed by atoms with van der Waals surface area (Å²) in [7, 11) is 0. The van der Waals surface area contributed by atoms with Gasteiger partial charge in [0.15, 0.2) is 0 Å². The zero-order valence-corrected chi connectivity index (χ0v) is 24.8. The zero-order valence-electron chi connectivity index (χ0n) is 24.8. The number of alkyl carbamates (subject to hydrolysis) is 1. The lowest BCUT2D eigenvalue weighted by Gasteiger charge is -2.43. The maximum atomic E-state index is 13.9. The topological polar surface area (TPSA) is 67.9 Å². The van der Waals surface area contributed by atoms with Crippen molar-refractivity contribution in [3.8, 4) is 0 Å². The van der Waals surface area contributed by atoms with E-state index in [1.807, 2.05) is 6.07 Å². The van der Waals surface area contributed by atoms with Crippen molar-refractivity contribution >= 4 is 12.0 Å². The second-order valence-electron chi connectivity index (χ2n) is 12.0. The van der Waals surface area contributed by atoms with Crippen molar-refractivity contribution in [3.63, 3.8) is 0 Å². The highest BCUT2D eigenvalue weighted by Gasteiger charge is 2.53. The Morgan fingerprint density at radius 2 is 1.59 bits per heavy atom. The molecule has 3 aromatic carbocycles. The Morgan fingerprint density at radius 1 is 0.978 bits per heavy atom. The molecule has 2 heterocycles. The molecule has 3 aromatic rings. The van der Waals surface area contributed by atoms with Crippen LogP contribution in [-0.4, -0.2) is 41.1 Å². The molecule has 0 aromatic heterocycles. The standard InChI is InChI=1S/C33H31F7N2O4/c1-19(22-12-23(32(35,36)37)14-24(13-22)33(38,39)40)46-27-17-42-26(29(27)21-8-10-25(34)11-9-21)15-31(2,16-28(42)43)41-30(44)45-18-20-6-4-3-5-7-20/h3-14,19,26-27,29H,15-18H2,1-2H3,(H,41,44)/t19?,26?,27-,29?,31?/m0/s1. The third kappa shape index (κ3) is 7.46. The molecule has 0 saturated carbocycles. The fraction of sp³-hybridized carbons (Fsp3) is 0.394. The third-order valence-corrected chi connectivity index (χ3v) is 8.44. The monoisotopic (exact) mass is 652 g/mol. The van der Waals surface area contributed by atoms with Gasteiger partial charge in [0.05, 0.1) is 28.9 Å². The molecule has 246 valence electrons. The van der Waals surface area contributed by atoms with E-state index in [9.17, 15) is 40.3 Å². The molecule has 2 aliphatic heterocycles. The van der Waals surface area contributed by atoms with E-state index >= 15 is 0 Å². The van der Waals surface area contributed by atoms with Crippen LogP contribution < -0.4 is 5.32 Å². The molecule has 2 amide bonds. The highest BCUT2D eigenvalue weighted by atomic mass is 19.4. The summed E-state index contributed by atoms with van der Waals surface area (Å²) < 4.78 is 107. The predicted molar refractivity (Wildman–Crippen MR) is 152 cm³/mol. The predicted octanol–water partition coefficient (Wildman–Crippen LogP) is 7.78. The van der Waals surface area contributed by atoms with Gasteiger partial charge in [-0.3, -0.25) is 4.79 Å². The number of amides is 2. The van der Waals surface area contributed by atoms with Crippen molar-refractivity contribution in [2.75, 3.05) is 6.54 Å². The number of carbonyl (C=O) groups excluding carboxylic acids is 2. The molecule has 5 atom stereocenters. The second-order valence-corrected chi connectivity index (χ2v) is 12.0. The van der Waals surface area contributed by atoms with Crippen LogP contribution in [0.15, 0.2) is 72.8 Å². The molecule has 0 radical (unpaired) electrons. The molecule has 6 nitrogen and oxygen atoms in total. The normalized spacial score (nSPS) is 24.0. The fourth-order valence-electron chi connectivity index (χ4n) is 6.28. The van der Waals surface area contributed by atoms with Gasteiger partial charge in [0.25, 0.3) is 0 Å². The minimum absolute atomic E-state index is 0.00382. The summed E-state index contributed by atoms with van der Waals surface area (Å²) in [5, 5.41) is 2.79. The minimum atomic E-state index is -5.04. The molecule has 0 spiro atoms. The van der Waals surface area contributed by atoms with Crippen molar-refractivity contribution in [1.29, 1.82) is 0 Å². The first-order chi connectivity index (χ1) is 21.5. The Hall–Kier alpha value is -4.13. The van der Waals surface area contributed by atoms with Gasteiger partial charge in [-0.1, -0.05) is 42.5 Å². The molecule has 4 unspecified atom stereocenters. The number of hydrogen-bond acceptors (Lipinski definition) is 4. The quantitative estimate of drug-likeness (QED) is 0.265. The van der Waals surface area contributed by atoms with Crippen LogP contribution in [0.5, 0.6) is 0 Å². The number of halogens is 7. The summed E-state index contributed by atoms with van der Waals surface area (Å²) in [4.78, 5) is 27.8. The SMILES string of the molecule is CC(O[C@H]1CN2C(=O)CC(C)(NC(=O)OCc3ccccc3)CC2C1c1ccc(F)cc1)c1cc(C(F)(F)F)cc(C(F)(F)F)c1. The summed E-state index contributed by atoms with van der Waals surface area (Å²) in [5.41, 5.74) is -3.03. The number of fused-ring (bicyclic) bond motifs is 1. The van der Waals surface area contributed by atoms with Crippen molar-refractivity contribution < 1.29 is 49.8 Å². The highest BCUT2D eigenvalue weighted by Crippen LogP contribution is 2.45. The van der Waals surface area contributed by atoms with Crippen LogP contribution in [0.25, 0.3) is 0 Å². The molecule has 2 fully saturated rings. The van der Waals surface area contributed by atoms with Crippen molar-refractivity contribution in [1.82, 2.24) is 10.2 Å². The lowest BCUT2D eigenvalue weighted by molar-refractivity contribution is -0.143. The van der Waals surface area contributed by atoms with Crippen LogP contribution in [0.2, 0.25) is 0 Å². The fourth-order valence-corrected chi connectivity index (χ4v) is 6.28. The molecule has 13 heteroatoms. The lowest BCUT2D eigenvalue weighted by Crippen LogP contribution is -2.58. The number of ether oxygens (including phenoxy) is 2. The summed E-state index contributed by atoms with van der Waals surface area (Å²) in [6, 6.07) is 15.1. The maximum Gasteiger partial charge on any atom is 0.416 e. The number of alkyl halides is 6. The lowest BCUT2D eigenvalue weighted by atomic mass is 9.78. The van der Waals surface area contributed by atoms with Crippen molar-refractivity contribution in [2.24, 2.45) is 0 Å². The Labute approximate surface area is 260 Å². The van der Waals surface area contributed by atoms with Gasteiger partial charge in [0.1, 0.15) is 12.4 Å². The van der Waals surface area contributed by atoms with Gasteiger partial charge in [0, 0.05) is 24.9 Å². The van der Waals surface area contributed by atoms with E-state index in [-0.39, 0.29) is 43.5 Å². The van der Waals surface area contributed by atoms with Gasteiger partial charge in [-0.05, 0) is 67.3 Å². The van der Waals surface area contributed by atoms with Gasteiger partial charge < -0.3 is 19.7 Å². The molecule has 2 aliphatic rings. The molecule has 1 N–H and O–H groups in total. The van der Waals surface area contributed by atoms with Crippen LogP contribution in [0, 0.1) is 5.82 Å². The van der Waals surface area contributed by atoms with Crippen LogP contribution in [0.3, 0.4) is 0 Å². The van der Waals surface area contributed by atoms with Gasteiger partial charge in [-0.2, -0.15) is 26.3 Å².